The molecule has 2 aromatic carbocycles. The zero-order chi connectivity index (χ0) is 22.8. The average molecular weight is 461 g/mol. The second kappa shape index (κ2) is 8.71. The lowest BCUT2D eigenvalue weighted by Crippen LogP contribution is -2.35. The van der Waals surface area contributed by atoms with Gasteiger partial charge in [-0.2, -0.15) is 0 Å². The number of hydrogen-bond donors (Lipinski definition) is 1. The molecule has 1 aliphatic heterocycles. The predicted molar refractivity (Wildman–Crippen MR) is 127 cm³/mol. The summed E-state index contributed by atoms with van der Waals surface area (Å²) < 4.78 is 30.2. The van der Waals surface area contributed by atoms with Gasteiger partial charge in [0, 0.05) is 37.5 Å². The van der Waals surface area contributed by atoms with Crippen LogP contribution in [0, 0.1) is 0 Å². The summed E-state index contributed by atoms with van der Waals surface area (Å²) >= 11 is 0. The molecule has 0 radical (unpaired) electrons. The van der Waals surface area contributed by atoms with Gasteiger partial charge < -0.3 is 9.72 Å². The SMILES string of the molecule is O=C(NCCc1cn2ccccc2n1)c1cccc(S(=O)(=O)N2CCCc3ccccc32)c1. The fourth-order valence-corrected chi connectivity index (χ4v) is 5.78. The van der Waals surface area contributed by atoms with Gasteiger partial charge in [0.2, 0.25) is 0 Å². The maximum Gasteiger partial charge on any atom is 0.264 e. The van der Waals surface area contributed by atoms with Crippen molar-refractivity contribution >= 4 is 27.3 Å². The number of para-hydroxylation sites is 1. The molecule has 4 aromatic rings. The predicted octanol–water partition coefficient (Wildman–Crippen LogP) is 3.45. The summed E-state index contributed by atoms with van der Waals surface area (Å²) in [6.07, 6.45) is 6.06. The Kier molecular flexibility index (Phi) is 5.60. The molecule has 0 atom stereocenters. The lowest BCUT2D eigenvalue weighted by atomic mass is 10.0. The van der Waals surface area contributed by atoms with Gasteiger partial charge in [0.05, 0.1) is 16.3 Å². The van der Waals surface area contributed by atoms with Crippen molar-refractivity contribution in [3.8, 4) is 0 Å². The monoisotopic (exact) mass is 460 g/mol. The summed E-state index contributed by atoms with van der Waals surface area (Å²) in [6, 6.07) is 19.6. The van der Waals surface area contributed by atoms with E-state index in [1.54, 1.807) is 18.2 Å². The molecule has 0 saturated heterocycles. The Balaban J connectivity index is 1.30. The van der Waals surface area contributed by atoms with Gasteiger partial charge in [-0.05, 0) is 54.8 Å². The minimum Gasteiger partial charge on any atom is -0.352 e. The van der Waals surface area contributed by atoms with E-state index in [0.29, 0.717) is 30.8 Å². The number of imidazole rings is 1. The summed E-state index contributed by atoms with van der Waals surface area (Å²) in [5, 5.41) is 2.87. The van der Waals surface area contributed by atoms with Crippen molar-refractivity contribution in [2.45, 2.75) is 24.2 Å². The molecule has 168 valence electrons. The molecule has 2 aromatic heterocycles. The van der Waals surface area contributed by atoms with Crippen LogP contribution in [0.25, 0.3) is 5.65 Å². The summed E-state index contributed by atoms with van der Waals surface area (Å²) in [6.45, 7) is 0.827. The first-order valence-corrected chi connectivity index (χ1v) is 12.4. The number of aromatic nitrogens is 2. The van der Waals surface area contributed by atoms with E-state index in [4.69, 9.17) is 0 Å². The van der Waals surface area contributed by atoms with Gasteiger partial charge in [-0.15, -0.1) is 0 Å². The first kappa shape index (κ1) is 21.2. The van der Waals surface area contributed by atoms with Gasteiger partial charge in [-0.1, -0.05) is 30.3 Å². The van der Waals surface area contributed by atoms with Crippen LogP contribution in [0.3, 0.4) is 0 Å². The number of amides is 1. The maximum absolute atomic E-state index is 13.4. The van der Waals surface area contributed by atoms with Crippen molar-refractivity contribution in [1.29, 1.82) is 0 Å². The van der Waals surface area contributed by atoms with E-state index >= 15 is 0 Å². The Morgan fingerprint density at radius 2 is 1.88 bits per heavy atom. The van der Waals surface area contributed by atoms with Crippen molar-refractivity contribution in [2.75, 3.05) is 17.4 Å². The number of hydrogen-bond acceptors (Lipinski definition) is 4. The number of fused-ring (bicyclic) bond motifs is 2. The van der Waals surface area contributed by atoms with E-state index in [2.05, 4.69) is 10.3 Å². The fourth-order valence-electron chi connectivity index (χ4n) is 4.19. The van der Waals surface area contributed by atoms with Crippen LogP contribution in [0.15, 0.2) is 84.0 Å². The molecule has 0 unspecified atom stereocenters. The van der Waals surface area contributed by atoms with Gasteiger partial charge in [0.1, 0.15) is 5.65 Å². The molecule has 0 bridgehead atoms. The highest BCUT2D eigenvalue weighted by Gasteiger charge is 2.29. The van der Waals surface area contributed by atoms with Gasteiger partial charge in [-0.3, -0.25) is 9.10 Å². The molecule has 0 spiro atoms. The molecule has 1 aliphatic rings. The third-order valence-corrected chi connectivity index (χ3v) is 7.64. The van der Waals surface area contributed by atoms with Crippen molar-refractivity contribution < 1.29 is 13.2 Å². The lowest BCUT2D eigenvalue weighted by Gasteiger charge is -2.30. The maximum atomic E-state index is 13.4. The largest absolute Gasteiger partial charge is 0.352 e. The van der Waals surface area contributed by atoms with E-state index in [1.165, 1.54) is 10.4 Å². The Bertz CT molecular complexity index is 1400. The lowest BCUT2D eigenvalue weighted by molar-refractivity contribution is 0.0954. The molecule has 1 amide bonds. The number of aryl methyl sites for hydroxylation is 1. The zero-order valence-corrected chi connectivity index (χ0v) is 18.8. The Morgan fingerprint density at radius 1 is 1.03 bits per heavy atom. The van der Waals surface area contributed by atoms with Crippen LogP contribution in [-0.2, 0) is 22.9 Å². The van der Waals surface area contributed by atoms with E-state index in [0.717, 1.165) is 29.7 Å². The first-order valence-electron chi connectivity index (χ1n) is 10.9. The standard InChI is InChI=1S/C25H24N4O3S/c30-25(26-14-13-21-18-28-15-4-3-12-24(28)27-21)20-8-5-10-22(17-20)33(31,32)29-16-6-9-19-7-1-2-11-23(19)29/h1-5,7-8,10-12,15,17-18H,6,9,13-14,16H2,(H,26,30). The van der Waals surface area contributed by atoms with Crippen molar-refractivity contribution in [3.63, 3.8) is 0 Å². The second-order valence-electron chi connectivity index (χ2n) is 8.04. The quantitative estimate of drug-likeness (QED) is 0.478. The molecular formula is C25H24N4O3S. The van der Waals surface area contributed by atoms with Crippen LogP contribution in [0.1, 0.15) is 28.0 Å². The van der Waals surface area contributed by atoms with Crippen LogP contribution in [0.2, 0.25) is 0 Å². The number of pyridine rings is 1. The van der Waals surface area contributed by atoms with Crippen LogP contribution in [0.4, 0.5) is 5.69 Å². The molecule has 5 rings (SSSR count). The number of carbonyl (C=O) groups excluding carboxylic acids is 1. The number of anilines is 1. The van der Waals surface area contributed by atoms with Gasteiger partial charge >= 0.3 is 0 Å². The minimum absolute atomic E-state index is 0.118. The summed E-state index contributed by atoms with van der Waals surface area (Å²) in [4.78, 5) is 17.4. The highest BCUT2D eigenvalue weighted by atomic mass is 32.2. The van der Waals surface area contributed by atoms with E-state index < -0.39 is 10.0 Å². The van der Waals surface area contributed by atoms with E-state index in [9.17, 15) is 13.2 Å². The number of carbonyl (C=O) groups is 1. The van der Waals surface area contributed by atoms with Gasteiger partial charge in [0.15, 0.2) is 0 Å². The molecule has 8 heteroatoms. The van der Waals surface area contributed by atoms with Crippen molar-refractivity contribution in [2.24, 2.45) is 0 Å². The normalized spacial score (nSPS) is 13.6. The van der Waals surface area contributed by atoms with Crippen molar-refractivity contribution in [3.05, 3.63) is 95.9 Å². The van der Waals surface area contributed by atoms with Gasteiger partial charge in [-0.25, -0.2) is 13.4 Å². The molecule has 0 saturated carbocycles. The summed E-state index contributed by atoms with van der Waals surface area (Å²) in [7, 11) is -3.77. The fraction of sp³-hybridized carbons (Fsp3) is 0.200. The van der Waals surface area contributed by atoms with Gasteiger partial charge in [0.25, 0.3) is 15.9 Å². The summed E-state index contributed by atoms with van der Waals surface area (Å²) in [5.74, 6) is -0.310. The minimum atomic E-state index is -3.77. The molecule has 33 heavy (non-hydrogen) atoms. The molecule has 7 nitrogen and oxygen atoms in total. The summed E-state index contributed by atoms with van der Waals surface area (Å²) in [5.41, 5.74) is 3.79. The molecule has 1 N–H and O–H groups in total. The molecule has 0 aliphatic carbocycles. The number of nitrogens with one attached hydrogen (secondary N) is 1. The zero-order valence-electron chi connectivity index (χ0n) is 18.0. The highest BCUT2D eigenvalue weighted by Crippen LogP contribution is 2.31. The van der Waals surface area contributed by atoms with Crippen LogP contribution in [-0.4, -0.2) is 36.8 Å². The number of sulfonamides is 1. The van der Waals surface area contributed by atoms with Crippen LogP contribution in [0.5, 0.6) is 0 Å². The Hall–Kier alpha value is -3.65. The number of nitrogens with zero attached hydrogens (tertiary/aromatic N) is 3. The van der Waals surface area contributed by atoms with Crippen molar-refractivity contribution in [1.82, 2.24) is 14.7 Å². The molecular weight excluding hydrogens is 436 g/mol. The number of benzene rings is 2. The smallest absolute Gasteiger partial charge is 0.264 e. The average Bonchev–Trinajstić information content (AvgIpc) is 3.26. The number of rotatable bonds is 6. The third-order valence-electron chi connectivity index (χ3n) is 5.83. The molecule has 3 heterocycles. The van der Waals surface area contributed by atoms with E-state index in [-0.39, 0.29) is 10.8 Å². The Morgan fingerprint density at radius 3 is 2.76 bits per heavy atom. The Labute approximate surface area is 192 Å². The third kappa shape index (κ3) is 4.21. The van der Waals surface area contributed by atoms with E-state index in [1.807, 2.05) is 59.3 Å². The van der Waals surface area contributed by atoms with Crippen LogP contribution < -0.4 is 9.62 Å². The first-order chi connectivity index (χ1) is 16.0. The van der Waals surface area contributed by atoms with Crippen LogP contribution >= 0.6 is 0 Å². The molecule has 0 fully saturated rings. The topological polar surface area (TPSA) is 83.8 Å². The highest BCUT2D eigenvalue weighted by molar-refractivity contribution is 7.92. The second-order valence-corrected chi connectivity index (χ2v) is 9.90.